The molecule has 0 bridgehead atoms. The third kappa shape index (κ3) is 2.65. The third-order valence-electron chi connectivity index (χ3n) is 4.39. The SMILES string of the molecule is NC1=NC2(CCCCC2)N(c2c([N+](=O)[O-])cc(F)c(F)c2F)C(N)=N1. The fourth-order valence-electron chi connectivity index (χ4n) is 3.37. The average Bonchev–Trinajstić information content (AvgIpc) is 2.54. The molecule has 1 aromatic carbocycles. The Bertz CT molecular complexity index is 804. The van der Waals surface area contributed by atoms with Gasteiger partial charge in [-0.2, -0.15) is 4.99 Å². The van der Waals surface area contributed by atoms with Crippen LogP contribution in [0, 0.1) is 27.6 Å². The minimum atomic E-state index is -1.83. The van der Waals surface area contributed by atoms with E-state index in [9.17, 15) is 23.3 Å². The molecule has 1 saturated carbocycles. The number of nitrogens with zero attached hydrogens (tertiary/aromatic N) is 4. The number of nitro groups is 1. The highest BCUT2D eigenvalue weighted by atomic mass is 19.2. The molecule has 8 nitrogen and oxygen atoms in total. The molecule has 1 aliphatic carbocycles. The summed E-state index contributed by atoms with van der Waals surface area (Å²) in [6.45, 7) is 0. The molecule has 0 radical (unpaired) electrons. The predicted octanol–water partition coefficient (Wildman–Crippen LogP) is 2.12. The van der Waals surface area contributed by atoms with E-state index in [4.69, 9.17) is 11.5 Å². The van der Waals surface area contributed by atoms with Crippen molar-refractivity contribution in [2.45, 2.75) is 37.8 Å². The average molecular weight is 356 g/mol. The first-order valence-electron chi connectivity index (χ1n) is 7.58. The van der Waals surface area contributed by atoms with Gasteiger partial charge in [0.1, 0.15) is 5.66 Å². The first kappa shape index (κ1) is 17.0. The van der Waals surface area contributed by atoms with Crippen molar-refractivity contribution in [3.63, 3.8) is 0 Å². The lowest BCUT2D eigenvalue weighted by Gasteiger charge is -2.45. The van der Waals surface area contributed by atoms with Gasteiger partial charge in [0, 0.05) is 0 Å². The minimum absolute atomic E-state index is 0.152. The molecule has 1 spiro atoms. The number of guanidine groups is 2. The van der Waals surface area contributed by atoms with Crippen LogP contribution in [0.1, 0.15) is 32.1 Å². The minimum Gasteiger partial charge on any atom is -0.369 e. The molecular weight excluding hydrogens is 341 g/mol. The van der Waals surface area contributed by atoms with Gasteiger partial charge in [0.05, 0.1) is 11.0 Å². The van der Waals surface area contributed by atoms with Crippen molar-refractivity contribution < 1.29 is 18.1 Å². The van der Waals surface area contributed by atoms with E-state index in [0.29, 0.717) is 31.7 Å². The van der Waals surface area contributed by atoms with Crippen LogP contribution in [-0.4, -0.2) is 22.5 Å². The summed E-state index contributed by atoms with van der Waals surface area (Å²) < 4.78 is 41.8. The number of nitro benzene ring substituents is 1. The summed E-state index contributed by atoms with van der Waals surface area (Å²) >= 11 is 0. The van der Waals surface area contributed by atoms with Crippen LogP contribution in [0.3, 0.4) is 0 Å². The Morgan fingerprint density at radius 2 is 1.80 bits per heavy atom. The van der Waals surface area contributed by atoms with Crippen molar-refractivity contribution in [3.8, 4) is 0 Å². The van der Waals surface area contributed by atoms with Crippen LogP contribution >= 0.6 is 0 Å². The number of halogens is 3. The summed E-state index contributed by atoms with van der Waals surface area (Å²) in [6.07, 6.45) is 2.96. The van der Waals surface area contributed by atoms with E-state index in [-0.39, 0.29) is 11.9 Å². The fourth-order valence-corrected chi connectivity index (χ4v) is 3.37. The van der Waals surface area contributed by atoms with Crippen molar-refractivity contribution in [3.05, 3.63) is 33.6 Å². The van der Waals surface area contributed by atoms with E-state index in [2.05, 4.69) is 9.98 Å². The molecule has 0 unspecified atom stereocenters. The molecule has 0 amide bonds. The van der Waals surface area contributed by atoms with Gasteiger partial charge in [0.25, 0.3) is 5.69 Å². The Morgan fingerprint density at radius 3 is 2.40 bits per heavy atom. The maximum absolute atomic E-state index is 14.5. The fraction of sp³-hybridized carbons (Fsp3) is 0.429. The molecule has 0 saturated heterocycles. The van der Waals surface area contributed by atoms with Crippen molar-refractivity contribution in [2.24, 2.45) is 21.5 Å². The summed E-state index contributed by atoms with van der Waals surface area (Å²) in [4.78, 5) is 19.2. The summed E-state index contributed by atoms with van der Waals surface area (Å²) in [5.41, 5.74) is 8.51. The van der Waals surface area contributed by atoms with E-state index in [1.807, 2.05) is 0 Å². The van der Waals surface area contributed by atoms with Crippen LogP contribution in [0.15, 0.2) is 16.1 Å². The van der Waals surface area contributed by atoms with Gasteiger partial charge in [-0.05, 0) is 25.7 Å². The van der Waals surface area contributed by atoms with Gasteiger partial charge in [0.2, 0.25) is 11.9 Å². The first-order valence-corrected chi connectivity index (χ1v) is 7.58. The van der Waals surface area contributed by atoms with Crippen LogP contribution in [0.5, 0.6) is 0 Å². The third-order valence-corrected chi connectivity index (χ3v) is 4.39. The molecule has 1 aliphatic heterocycles. The second-order valence-corrected chi connectivity index (χ2v) is 5.93. The molecule has 0 atom stereocenters. The molecule has 11 heteroatoms. The zero-order valence-corrected chi connectivity index (χ0v) is 13.0. The van der Waals surface area contributed by atoms with Crippen LogP contribution in [0.25, 0.3) is 0 Å². The van der Waals surface area contributed by atoms with E-state index in [0.717, 1.165) is 11.3 Å². The Hall–Kier alpha value is -2.85. The largest absolute Gasteiger partial charge is 0.369 e. The lowest BCUT2D eigenvalue weighted by Crippen LogP contribution is -2.58. The molecule has 1 fully saturated rings. The van der Waals surface area contributed by atoms with Gasteiger partial charge in [-0.25, -0.2) is 18.2 Å². The zero-order valence-electron chi connectivity index (χ0n) is 13.0. The highest BCUT2D eigenvalue weighted by Gasteiger charge is 2.47. The number of anilines is 1. The van der Waals surface area contributed by atoms with E-state index < -0.39 is 39.4 Å². The Kier molecular flexibility index (Phi) is 4.01. The molecule has 2 aliphatic rings. The molecule has 4 N–H and O–H groups in total. The smallest absolute Gasteiger partial charge is 0.299 e. The van der Waals surface area contributed by atoms with Crippen molar-refractivity contribution in [1.82, 2.24) is 0 Å². The number of rotatable bonds is 2. The topological polar surface area (TPSA) is 123 Å². The Labute approximate surface area is 140 Å². The Morgan fingerprint density at radius 1 is 1.16 bits per heavy atom. The maximum atomic E-state index is 14.5. The molecular formula is C14H15F3N6O2. The maximum Gasteiger partial charge on any atom is 0.299 e. The van der Waals surface area contributed by atoms with Gasteiger partial charge in [-0.3, -0.25) is 15.0 Å². The normalized spacial score (nSPS) is 19.6. The van der Waals surface area contributed by atoms with Crippen molar-refractivity contribution in [1.29, 1.82) is 0 Å². The molecule has 134 valence electrons. The van der Waals surface area contributed by atoms with Crippen LogP contribution in [0.4, 0.5) is 24.5 Å². The van der Waals surface area contributed by atoms with E-state index >= 15 is 0 Å². The molecule has 0 aromatic heterocycles. The number of hydrogen-bond acceptors (Lipinski definition) is 7. The quantitative estimate of drug-likeness (QED) is 0.477. The lowest BCUT2D eigenvalue weighted by atomic mass is 9.87. The summed E-state index contributed by atoms with van der Waals surface area (Å²) in [5, 5.41) is 11.3. The molecule has 25 heavy (non-hydrogen) atoms. The highest BCUT2D eigenvalue weighted by molar-refractivity contribution is 6.06. The predicted molar refractivity (Wildman–Crippen MR) is 84.5 cm³/mol. The van der Waals surface area contributed by atoms with E-state index in [1.165, 1.54) is 0 Å². The summed E-state index contributed by atoms with van der Waals surface area (Å²) in [5.74, 6) is -5.72. The molecule has 1 aromatic rings. The van der Waals surface area contributed by atoms with Gasteiger partial charge >= 0.3 is 0 Å². The van der Waals surface area contributed by atoms with Crippen LogP contribution in [0.2, 0.25) is 0 Å². The number of hydrogen-bond donors (Lipinski definition) is 2. The number of benzene rings is 1. The number of aliphatic imine (C=N–C) groups is 2. The zero-order chi connectivity index (χ0) is 18.4. The summed E-state index contributed by atoms with van der Waals surface area (Å²) in [6, 6.07) is 0.319. The van der Waals surface area contributed by atoms with Crippen LogP contribution in [-0.2, 0) is 0 Å². The van der Waals surface area contributed by atoms with Gasteiger partial charge < -0.3 is 11.5 Å². The standard InChI is InChI=1S/C14H15F3N6O2/c15-7-6-8(23(24)25)11(10(17)9(7)16)22-13(19)20-12(18)21-14(22)4-2-1-3-5-14/h6H,1-5H2,(H4,18,19,20,21). The monoisotopic (exact) mass is 356 g/mol. The molecule has 1 heterocycles. The van der Waals surface area contributed by atoms with Gasteiger partial charge in [-0.1, -0.05) is 6.42 Å². The van der Waals surface area contributed by atoms with Gasteiger partial charge in [0.15, 0.2) is 23.1 Å². The first-order chi connectivity index (χ1) is 11.8. The summed E-state index contributed by atoms with van der Waals surface area (Å²) in [7, 11) is 0. The number of nitrogens with two attached hydrogens (primary N) is 2. The van der Waals surface area contributed by atoms with Crippen molar-refractivity contribution >= 4 is 23.3 Å². The van der Waals surface area contributed by atoms with Gasteiger partial charge in [-0.15, -0.1) is 0 Å². The Balaban J connectivity index is 2.28. The second kappa shape index (κ2) is 5.90. The van der Waals surface area contributed by atoms with Crippen molar-refractivity contribution in [2.75, 3.05) is 4.90 Å². The lowest BCUT2D eigenvalue weighted by molar-refractivity contribution is -0.384. The molecule has 3 rings (SSSR count). The van der Waals surface area contributed by atoms with E-state index in [1.54, 1.807) is 0 Å². The van der Waals surface area contributed by atoms with Crippen LogP contribution < -0.4 is 16.4 Å². The highest BCUT2D eigenvalue weighted by Crippen LogP contribution is 2.44. The second-order valence-electron chi connectivity index (χ2n) is 5.93.